The Morgan fingerprint density at radius 3 is 2.67 bits per heavy atom. The van der Waals surface area contributed by atoms with Crippen LogP contribution >= 0.6 is 11.3 Å². The molecule has 0 atom stereocenters. The summed E-state index contributed by atoms with van der Waals surface area (Å²) >= 11 is 1.66. The first kappa shape index (κ1) is 13.6. The topological polar surface area (TPSA) is 52.3 Å². The molecule has 0 aliphatic heterocycles. The Labute approximate surface area is 127 Å². The zero-order chi connectivity index (χ0) is 14.7. The highest BCUT2D eigenvalue weighted by atomic mass is 32.1. The quantitative estimate of drug-likeness (QED) is 0.589. The van der Waals surface area contributed by atoms with Crippen molar-refractivity contribution in [2.45, 2.75) is 13.0 Å². The van der Waals surface area contributed by atoms with Crippen LogP contribution < -0.4 is 5.73 Å². The van der Waals surface area contributed by atoms with Crippen LogP contribution in [-0.4, -0.2) is 5.97 Å². The number of fused-ring (bicyclic) bond motifs is 1. The Hall–Kier alpha value is -2.33. The monoisotopic (exact) mass is 297 g/mol. The van der Waals surface area contributed by atoms with Crippen LogP contribution in [0.25, 0.3) is 10.1 Å². The number of hydrogen-bond donors (Lipinski definition) is 1. The van der Waals surface area contributed by atoms with Crippen LogP contribution in [0.5, 0.6) is 0 Å². The largest absolute Gasteiger partial charge is 0.461 e. The SMILES string of the molecule is Nc1ccccc1CC(=O)OCc1csc2ccccc12. The van der Waals surface area contributed by atoms with Crippen molar-refractivity contribution in [3.63, 3.8) is 0 Å². The van der Waals surface area contributed by atoms with Crippen molar-refractivity contribution in [2.75, 3.05) is 5.73 Å². The third-order valence-electron chi connectivity index (χ3n) is 3.34. The molecular formula is C17H15NO2S. The second-order valence-corrected chi connectivity index (χ2v) is 5.70. The molecule has 2 aromatic carbocycles. The highest BCUT2D eigenvalue weighted by Gasteiger charge is 2.09. The fourth-order valence-corrected chi connectivity index (χ4v) is 3.15. The lowest BCUT2D eigenvalue weighted by Crippen LogP contribution is -2.09. The number of rotatable bonds is 4. The number of para-hydroxylation sites is 1. The normalized spacial score (nSPS) is 10.7. The Kier molecular flexibility index (Phi) is 3.88. The lowest BCUT2D eigenvalue weighted by molar-refractivity contribution is -0.144. The predicted octanol–water partition coefficient (Wildman–Crippen LogP) is 3.77. The van der Waals surface area contributed by atoms with Gasteiger partial charge in [0.15, 0.2) is 0 Å². The van der Waals surface area contributed by atoms with Gasteiger partial charge >= 0.3 is 5.97 Å². The molecule has 0 saturated carbocycles. The number of nitrogen functional groups attached to an aromatic ring is 1. The second-order valence-electron chi connectivity index (χ2n) is 4.79. The van der Waals surface area contributed by atoms with Crippen LogP contribution in [0.4, 0.5) is 5.69 Å². The Bertz CT molecular complexity index is 779. The molecule has 21 heavy (non-hydrogen) atoms. The maximum absolute atomic E-state index is 11.9. The zero-order valence-corrected chi connectivity index (χ0v) is 12.2. The maximum Gasteiger partial charge on any atom is 0.310 e. The number of benzene rings is 2. The first-order valence-electron chi connectivity index (χ1n) is 6.68. The van der Waals surface area contributed by atoms with E-state index in [4.69, 9.17) is 10.5 Å². The number of ether oxygens (including phenoxy) is 1. The third-order valence-corrected chi connectivity index (χ3v) is 4.35. The molecule has 0 bridgehead atoms. The molecule has 0 fully saturated rings. The first-order chi connectivity index (χ1) is 10.2. The van der Waals surface area contributed by atoms with Crippen molar-refractivity contribution in [3.05, 3.63) is 65.0 Å². The van der Waals surface area contributed by atoms with Gasteiger partial charge in [0, 0.05) is 16.0 Å². The molecule has 0 radical (unpaired) electrons. The van der Waals surface area contributed by atoms with Crippen molar-refractivity contribution < 1.29 is 9.53 Å². The number of nitrogens with two attached hydrogens (primary N) is 1. The molecular weight excluding hydrogens is 282 g/mol. The molecule has 3 rings (SSSR count). The van der Waals surface area contributed by atoms with Gasteiger partial charge in [-0.1, -0.05) is 36.4 Å². The number of thiophene rings is 1. The van der Waals surface area contributed by atoms with Gasteiger partial charge in [-0.2, -0.15) is 0 Å². The summed E-state index contributed by atoms with van der Waals surface area (Å²) in [6.45, 7) is 0.301. The summed E-state index contributed by atoms with van der Waals surface area (Å²) < 4.78 is 6.57. The molecule has 106 valence electrons. The lowest BCUT2D eigenvalue weighted by Gasteiger charge is -2.06. The van der Waals surface area contributed by atoms with E-state index in [1.807, 2.05) is 41.8 Å². The minimum absolute atomic E-state index is 0.203. The summed E-state index contributed by atoms with van der Waals surface area (Å²) in [6, 6.07) is 15.5. The van der Waals surface area contributed by atoms with E-state index in [1.54, 1.807) is 17.4 Å². The van der Waals surface area contributed by atoms with Gasteiger partial charge < -0.3 is 10.5 Å². The van der Waals surface area contributed by atoms with Gasteiger partial charge in [-0.05, 0) is 28.5 Å². The van der Waals surface area contributed by atoms with Gasteiger partial charge in [0.25, 0.3) is 0 Å². The van der Waals surface area contributed by atoms with Crippen LogP contribution in [0.3, 0.4) is 0 Å². The summed E-state index contributed by atoms with van der Waals surface area (Å²) in [5.74, 6) is -0.261. The average molecular weight is 297 g/mol. The van der Waals surface area contributed by atoms with Crippen LogP contribution in [0, 0.1) is 0 Å². The van der Waals surface area contributed by atoms with Gasteiger partial charge in [0.2, 0.25) is 0 Å². The zero-order valence-electron chi connectivity index (χ0n) is 11.4. The average Bonchev–Trinajstić information content (AvgIpc) is 2.91. The summed E-state index contributed by atoms with van der Waals surface area (Å²) in [4.78, 5) is 11.9. The van der Waals surface area contributed by atoms with E-state index in [1.165, 1.54) is 4.70 Å². The summed E-state index contributed by atoms with van der Waals surface area (Å²) in [7, 11) is 0. The van der Waals surface area contributed by atoms with E-state index >= 15 is 0 Å². The van der Waals surface area contributed by atoms with Gasteiger partial charge in [0.1, 0.15) is 6.61 Å². The number of hydrogen-bond acceptors (Lipinski definition) is 4. The van der Waals surface area contributed by atoms with Crippen molar-refractivity contribution in [2.24, 2.45) is 0 Å². The molecule has 0 aliphatic carbocycles. The number of esters is 1. The van der Waals surface area contributed by atoms with Gasteiger partial charge in [-0.3, -0.25) is 4.79 Å². The summed E-state index contributed by atoms with van der Waals surface area (Å²) in [5, 5.41) is 3.18. The molecule has 1 aromatic heterocycles. The van der Waals surface area contributed by atoms with Crippen molar-refractivity contribution in [1.29, 1.82) is 0 Å². The number of carbonyl (C=O) groups is 1. The van der Waals surface area contributed by atoms with Crippen LogP contribution in [0.2, 0.25) is 0 Å². The predicted molar refractivity (Wildman–Crippen MR) is 86.2 cm³/mol. The number of carbonyl (C=O) groups excluding carboxylic acids is 1. The fraction of sp³-hybridized carbons (Fsp3) is 0.118. The van der Waals surface area contributed by atoms with Gasteiger partial charge in [0.05, 0.1) is 6.42 Å². The van der Waals surface area contributed by atoms with E-state index < -0.39 is 0 Å². The Balaban J connectivity index is 1.65. The Morgan fingerprint density at radius 2 is 1.81 bits per heavy atom. The molecule has 4 heteroatoms. The van der Waals surface area contributed by atoms with Crippen molar-refractivity contribution in [3.8, 4) is 0 Å². The van der Waals surface area contributed by atoms with Crippen molar-refractivity contribution >= 4 is 33.1 Å². The fourth-order valence-electron chi connectivity index (χ4n) is 2.20. The first-order valence-corrected chi connectivity index (χ1v) is 7.56. The third kappa shape index (κ3) is 3.06. The minimum Gasteiger partial charge on any atom is -0.461 e. The number of anilines is 1. The van der Waals surface area contributed by atoms with Crippen molar-refractivity contribution in [1.82, 2.24) is 0 Å². The molecule has 2 N–H and O–H groups in total. The highest BCUT2D eigenvalue weighted by molar-refractivity contribution is 7.17. The van der Waals surface area contributed by atoms with E-state index in [9.17, 15) is 4.79 Å². The van der Waals surface area contributed by atoms with E-state index in [0.29, 0.717) is 12.3 Å². The molecule has 3 nitrogen and oxygen atoms in total. The van der Waals surface area contributed by atoms with Gasteiger partial charge in [-0.15, -0.1) is 11.3 Å². The standard InChI is InChI=1S/C17H15NO2S/c18-15-7-3-1-5-12(15)9-17(19)20-10-13-11-21-16-8-4-2-6-14(13)16/h1-8,11H,9-10,18H2. The van der Waals surface area contributed by atoms with Crippen LogP contribution in [0.1, 0.15) is 11.1 Å². The van der Waals surface area contributed by atoms with E-state index in [0.717, 1.165) is 16.5 Å². The molecule has 3 aromatic rings. The van der Waals surface area contributed by atoms with Crippen LogP contribution in [-0.2, 0) is 22.6 Å². The molecule has 0 amide bonds. The molecule has 0 aliphatic rings. The van der Waals surface area contributed by atoms with Gasteiger partial charge in [-0.25, -0.2) is 0 Å². The molecule has 0 unspecified atom stereocenters. The smallest absolute Gasteiger partial charge is 0.310 e. The molecule has 0 saturated heterocycles. The summed E-state index contributed by atoms with van der Waals surface area (Å²) in [5.41, 5.74) is 8.30. The lowest BCUT2D eigenvalue weighted by atomic mass is 10.1. The molecule has 1 heterocycles. The summed E-state index contributed by atoms with van der Waals surface area (Å²) in [6.07, 6.45) is 0.203. The van der Waals surface area contributed by atoms with E-state index in [-0.39, 0.29) is 12.4 Å². The maximum atomic E-state index is 11.9. The highest BCUT2D eigenvalue weighted by Crippen LogP contribution is 2.26. The Morgan fingerprint density at radius 1 is 1.05 bits per heavy atom. The second kappa shape index (κ2) is 5.97. The van der Waals surface area contributed by atoms with Crippen LogP contribution in [0.15, 0.2) is 53.9 Å². The molecule has 0 spiro atoms. The minimum atomic E-state index is -0.261. The van der Waals surface area contributed by atoms with E-state index in [2.05, 4.69) is 6.07 Å².